The lowest BCUT2D eigenvalue weighted by molar-refractivity contribution is 0.484. The first-order chi connectivity index (χ1) is 8.13. The van der Waals surface area contributed by atoms with Crippen LogP contribution < -0.4 is 0 Å². The molecule has 0 heterocycles. The Hall–Kier alpha value is -1.22. The standard InChI is InChI=1S/C7H6BrF.C7H7F/c8-7-4-2-1-3-6(7)5-9;1-6-2-4-7(8)5-3-6/h1-4H,5H2;2-5H,1H3. The molecule has 17 heavy (non-hydrogen) atoms. The molecule has 0 nitrogen and oxygen atoms in total. The molecule has 0 bridgehead atoms. The first kappa shape index (κ1) is 13.8. The van der Waals surface area contributed by atoms with E-state index in [1.54, 1.807) is 18.2 Å². The summed E-state index contributed by atoms with van der Waals surface area (Å²) in [4.78, 5) is 0. The van der Waals surface area contributed by atoms with E-state index in [4.69, 9.17) is 0 Å². The van der Waals surface area contributed by atoms with Gasteiger partial charge in [0.25, 0.3) is 0 Å². The Kier molecular flexibility index (Phi) is 5.84. The lowest BCUT2D eigenvalue weighted by atomic mass is 10.2. The van der Waals surface area contributed by atoms with Gasteiger partial charge in [-0.05, 0) is 30.7 Å². The molecule has 0 unspecified atom stereocenters. The second kappa shape index (κ2) is 7.17. The lowest BCUT2D eigenvalue weighted by Crippen LogP contribution is -1.77. The summed E-state index contributed by atoms with van der Waals surface area (Å²) in [5.74, 6) is -0.171. The molecule has 90 valence electrons. The number of halogens is 3. The van der Waals surface area contributed by atoms with Crippen LogP contribution in [0.25, 0.3) is 0 Å². The molecule has 0 aliphatic carbocycles. The van der Waals surface area contributed by atoms with E-state index in [0.717, 1.165) is 10.0 Å². The maximum absolute atomic E-state index is 12.1. The SMILES string of the molecule is Cc1ccc(F)cc1.FCc1ccccc1Br. The van der Waals surface area contributed by atoms with Gasteiger partial charge in [-0.3, -0.25) is 0 Å². The normalized spacial score (nSPS) is 9.41. The van der Waals surface area contributed by atoms with E-state index < -0.39 is 6.67 Å². The molecule has 0 N–H and O–H groups in total. The Bertz CT molecular complexity index is 431. The van der Waals surface area contributed by atoms with Crippen molar-refractivity contribution in [2.45, 2.75) is 13.6 Å². The van der Waals surface area contributed by atoms with Crippen LogP contribution in [0.1, 0.15) is 11.1 Å². The summed E-state index contributed by atoms with van der Waals surface area (Å²) >= 11 is 3.22. The summed E-state index contributed by atoms with van der Waals surface area (Å²) in [6.07, 6.45) is 0. The fourth-order valence-corrected chi connectivity index (χ4v) is 1.53. The first-order valence-electron chi connectivity index (χ1n) is 5.15. The largest absolute Gasteiger partial charge is 0.246 e. The first-order valence-corrected chi connectivity index (χ1v) is 5.94. The van der Waals surface area contributed by atoms with Gasteiger partial charge < -0.3 is 0 Å². The van der Waals surface area contributed by atoms with E-state index in [1.165, 1.54) is 12.1 Å². The van der Waals surface area contributed by atoms with Gasteiger partial charge in [-0.15, -0.1) is 0 Å². The summed E-state index contributed by atoms with van der Waals surface area (Å²) < 4.78 is 24.9. The van der Waals surface area contributed by atoms with Gasteiger partial charge in [0.15, 0.2) is 0 Å². The maximum atomic E-state index is 12.1. The van der Waals surface area contributed by atoms with Gasteiger partial charge in [0, 0.05) is 4.47 Å². The Morgan fingerprint density at radius 3 is 2.00 bits per heavy atom. The fourth-order valence-electron chi connectivity index (χ4n) is 1.14. The number of hydrogen-bond donors (Lipinski definition) is 0. The summed E-state index contributed by atoms with van der Waals surface area (Å²) in [7, 11) is 0. The maximum Gasteiger partial charge on any atom is 0.123 e. The van der Waals surface area contributed by atoms with Crippen molar-refractivity contribution < 1.29 is 8.78 Å². The Balaban J connectivity index is 0.000000171. The Morgan fingerprint density at radius 1 is 1.00 bits per heavy atom. The number of rotatable bonds is 1. The van der Waals surface area contributed by atoms with Crippen LogP contribution in [0, 0.1) is 12.7 Å². The van der Waals surface area contributed by atoms with Crippen LogP contribution in [-0.2, 0) is 6.67 Å². The highest BCUT2D eigenvalue weighted by Gasteiger charge is 1.93. The molecule has 0 atom stereocenters. The molecule has 0 fully saturated rings. The van der Waals surface area contributed by atoms with E-state index in [-0.39, 0.29) is 5.82 Å². The van der Waals surface area contributed by atoms with Crippen molar-refractivity contribution in [3.8, 4) is 0 Å². The zero-order valence-corrected chi connectivity index (χ0v) is 11.0. The second-order valence-electron chi connectivity index (χ2n) is 3.52. The summed E-state index contributed by atoms with van der Waals surface area (Å²) in [5, 5.41) is 0. The Morgan fingerprint density at radius 2 is 1.59 bits per heavy atom. The fraction of sp³-hybridized carbons (Fsp3) is 0.143. The van der Waals surface area contributed by atoms with E-state index in [2.05, 4.69) is 15.9 Å². The third-order valence-corrected chi connectivity index (χ3v) is 2.89. The van der Waals surface area contributed by atoms with Crippen LogP contribution in [0.3, 0.4) is 0 Å². The molecule has 0 radical (unpaired) electrons. The number of benzene rings is 2. The van der Waals surface area contributed by atoms with Crippen molar-refractivity contribution in [1.29, 1.82) is 0 Å². The van der Waals surface area contributed by atoms with Crippen LogP contribution in [-0.4, -0.2) is 0 Å². The number of alkyl halides is 1. The summed E-state index contributed by atoms with van der Waals surface area (Å²) in [6, 6.07) is 13.7. The highest BCUT2D eigenvalue weighted by Crippen LogP contribution is 2.15. The molecule has 0 aliphatic heterocycles. The van der Waals surface area contributed by atoms with Gasteiger partial charge in [0.05, 0.1) is 0 Å². The van der Waals surface area contributed by atoms with Gasteiger partial charge in [-0.25, -0.2) is 8.78 Å². The molecule has 0 amide bonds. The third-order valence-electron chi connectivity index (χ3n) is 2.11. The van der Waals surface area contributed by atoms with Crippen LogP contribution >= 0.6 is 15.9 Å². The van der Waals surface area contributed by atoms with Crippen molar-refractivity contribution in [3.05, 3.63) is 69.9 Å². The molecule has 0 saturated heterocycles. The van der Waals surface area contributed by atoms with E-state index >= 15 is 0 Å². The molecule has 3 heteroatoms. The molecule has 2 aromatic carbocycles. The minimum absolute atomic E-state index is 0.171. The lowest BCUT2D eigenvalue weighted by Gasteiger charge is -1.94. The third kappa shape index (κ3) is 5.09. The van der Waals surface area contributed by atoms with Gasteiger partial charge in [0.2, 0.25) is 0 Å². The van der Waals surface area contributed by atoms with Crippen LogP contribution in [0.5, 0.6) is 0 Å². The molecule has 2 aromatic rings. The van der Waals surface area contributed by atoms with Gasteiger partial charge in [-0.1, -0.05) is 51.8 Å². The molecule has 0 aromatic heterocycles. The van der Waals surface area contributed by atoms with Crippen LogP contribution in [0.2, 0.25) is 0 Å². The zero-order valence-electron chi connectivity index (χ0n) is 9.46. The zero-order chi connectivity index (χ0) is 12.7. The average molecular weight is 299 g/mol. The molecular weight excluding hydrogens is 286 g/mol. The predicted molar refractivity (Wildman–Crippen MR) is 70.1 cm³/mol. The number of aryl methyl sites for hydroxylation is 1. The van der Waals surface area contributed by atoms with E-state index in [0.29, 0.717) is 5.56 Å². The van der Waals surface area contributed by atoms with Crippen molar-refractivity contribution in [1.82, 2.24) is 0 Å². The minimum atomic E-state index is -0.401. The van der Waals surface area contributed by atoms with Crippen molar-refractivity contribution in [2.24, 2.45) is 0 Å². The summed E-state index contributed by atoms with van der Waals surface area (Å²) in [5.41, 5.74) is 1.80. The Labute approximate surface area is 108 Å². The molecular formula is C14H13BrF2. The second-order valence-corrected chi connectivity index (χ2v) is 4.37. The molecule has 0 saturated carbocycles. The smallest absolute Gasteiger partial charge is 0.123 e. The van der Waals surface area contributed by atoms with Gasteiger partial charge in [-0.2, -0.15) is 0 Å². The van der Waals surface area contributed by atoms with Crippen molar-refractivity contribution in [2.75, 3.05) is 0 Å². The van der Waals surface area contributed by atoms with E-state index in [1.807, 2.05) is 25.1 Å². The topological polar surface area (TPSA) is 0 Å². The summed E-state index contributed by atoms with van der Waals surface area (Å²) in [6.45, 7) is 1.53. The molecule has 0 spiro atoms. The van der Waals surface area contributed by atoms with Gasteiger partial charge in [0.1, 0.15) is 12.5 Å². The van der Waals surface area contributed by atoms with Gasteiger partial charge >= 0.3 is 0 Å². The average Bonchev–Trinajstić information content (AvgIpc) is 2.34. The quantitative estimate of drug-likeness (QED) is 0.691. The predicted octanol–water partition coefficient (Wildman–Crippen LogP) is 5.05. The number of hydrogen-bond acceptors (Lipinski definition) is 0. The molecule has 2 rings (SSSR count). The van der Waals surface area contributed by atoms with Crippen molar-refractivity contribution >= 4 is 15.9 Å². The van der Waals surface area contributed by atoms with Crippen molar-refractivity contribution in [3.63, 3.8) is 0 Å². The van der Waals surface area contributed by atoms with Crippen LogP contribution in [0.4, 0.5) is 8.78 Å². The minimum Gasteiger partial charge on any atom is -0.246 e. The van der Waals surface area contributed by atoms with Crippen LogP contribution in [0.15, 0.2) is 53.0 Å². The highest BCUT2D eigenvalue weighted by molar-refractivity contribution is 9.10. The molecule has 0 aliphatic rings. The monoisotopic (exact) mass is 298 g/mol. The van der Waals surface area contributed by atoms with E-state index in [9.17, 15) is 8.78 Å². The highest BCUT2D eigenvalue weighted by atomic mass is 79.9.